The number of rotatable bonds is 4. The van der Waals surface area contributed by atoms with E-state index in [2.05, 4.69) is 19.5 Å². The number of fused-ring (bicyclic) bond motifs is 1. The van der Waals surface area contributed by atoms with Gasteiger partial charge in [0.2, 0.25) is 0 Å². The lowest BCUT2D eigenvalue weighted by molar-refractivity contribution is -0.286. The van der Waals surface area contributed by atoms with Crippen LogP contribution in [0, 0.1) is 18.6 Å². The highest BCUT2D eigenvalue weighted by molar-refractivity contribution is 5.78. The van der Waals surface area contributed by atoms with Crippen LogP contribution in [0.1, 0.15) is 28.4 Å². The van der Waals surface area contributed by atoms with Crippen molar-refractivity contribution in [3.8, 4) is 11.5 Å². The third-order valence-electron chi connectivity index (χ3n) is 3.64. The molecule has 0 spiro atoms. The normalized spacial score (nSPS) is 15.5. The minimum Gasteiger partial charge on any atom is -0.403 e. The summed E-state index contributed by atoms with van der Waals surface area (Å²) in [7, 11) is 0. The van der Waals surface area contributed by atoms with Crippen LogP contribution in [0.25, 0.3) is 5.70 Å². The molecule has 4 N–H and O–H groups in total. The maximum absolute atomic E-state index is 13.0. The summed E-state index contributed by atoms with van der Waals surface area (Å²) in [5.74, 6) is -1.93. The Bertz CT molecular complexity index is 974. The molecular weight excluding hydrogens is 408 g/mol. The van der Waals surface area contributed by atoms with Crippen LogP contribution in [0.4, 0.5) is 17.6 Å². The molecule has 0 radical (unpaired) electrons. The summed E-state index contributed by atoms with van der Waals surface area (Å²) in [4.78, 5) is 17.3. The number of carbonyl (C=O) groups is 1. The van der Waals surface area contributed by atoms with Gasteiger partial charge in [-0.25, -0.2) is 8.78 Å². The minimum atomic E-state index is -3.64. The molecule has 2 aromatic rings. The summed E-state index contributed by atoms with van der Waals surface area (Å²) in [5, 5.41) is 0. The summed E-state index contributed by atoms with van der Waals surface area (Å²) in [6, 6.07) is 2.63. The molecule has 7 nitrogen and oxygen atoms in total. The van der Waals surface area contributed by atoms with Gasteiger partial charge in [0.15, 0.2) is 29.4 Å². The molecule has 0 saturated carbocycles. The van der Waals surface area contributed by atoms with Gasteiger partial charge in [0, 0.05) is 24.0 Å². The largest absolute Gasteiger partial charge is 0.586 e. The average Bonchev–Trinajstić information content (AvgIpc) is 2.95. The summed E-state index contributed by atoms with van der Waals surface area (Å²) in [6.07, 6.45) is 0.833. The molecule has 11 heteroatoms. The lowest BCUT2D eigenvalue weighted by Crippen LogP contribution is -2.25. The number of nitrogens with two attached hydrogens (primary N) is 2. The van der Waals surface area contributed by atoms with Crippen molar-refractivity contribution in [1.29, 1.82) is 0 Å². The first-order chi connectivity index (χ1) is 14.1. The Morgan fingerprint density at radius 3 is 2.23 bits per heavy atom. The zero-order valence-corrected chi connectivity index (χ0v) is 15.9. The topological polar surface area (TPSA) is 113 Å². The molecule has 1 aliphatic heterocycles. The van der Waals surface area contributed by atoms with Crippen LogP contribution in [-0.2, 0) is 0 Å². The third-order valence-corrected chi connectivity index (χ3v) is 3.64. The number of carbonyl (C=O) groups excluding carboxylic acids is 1. The number of alkyl halides is 2. The van der Waals surface area contributed by atoms with E-state index < -0.39 is 23.5 Å². The van der Waals surface area contributed by atoms with Crippen LogP contribution < -0.4 is 20.9 Å². The number of nitrogens with zero attached hydrogens (tertiary/aromatic N) is 2. The molecule has 160 valence electrons. The predicted octanol–water partition coefficient (Wildman–Crippen LogP) is 3.16. The van der Waals surface area contributed by atoms with Gasteiger partial charge in [-0.1, -0.05) is 0 Å². The molecule has 0 bridgehead atoms. The van der Waals surface area contributed by atoms with E-state index in [1.54, 1.807) is 13.8 Å². The van der Waals surface area contributed by atoms with E-state index in [9.17, 15) is 22.4 Å². The molecule has 1 atom stereocenters. The van der Waals surface area contributed by atoms with Crippen LogP contribution in [0.3, 0.4) is 0 Å². The molecule has 1 unspecified atom stereocenters. The first-order valence-electron chi connectivity index (χ1n) is 8.44. The molecule has 30 heavy (non-hydrogen) atoms. The van der Waals surface area contributed by atoms with Crippen LogP contribution in [0.5, 0.6) is 11.5 Å². The van der Waals surface area contributed by atoms with Gasteiger partial charge >= 0.3 is 6.29 Å². The fraction of sp³-hybridized carbons (Fsp3) is 0.211. The number of ether oxygens (including phenoxy) is 2. The summed E-state index contributed by atoms with van der Waals surface area (Å²) in [6.45, 7) is 3.49. The smallest absolute Gasteiger partial charge is 0.403 e. The predicted molar refractivity (Wildman–Crippen MR) is 101 cm³/mol. The molecule has 0 aliphatic carbocycles. The first kappa shape index (κ1) is 22.8. The first-order valence-corrected chi connectivity index (χ1v) is 8.44. The SMILES string of the molecule is Cc1cc2c(cc1/C(=C/N)N=CC(C)N)OC(F)(F)O2.O=Cc1c(F)cncc1F. The maximum Gasteiger partial charge on any atom is 0.586 e. The van der Waals surface area contributed by atoms with Crippen molar-refractivity contribution in [2.75, 3.05) is 0 Å². The summed E-state index contributed by atoms with van der Waals surface area (Å²) < 4.78 is 59.4. The van der Waals surface area contributed by atoms with Gasteiger partial charge in [-0.2, -0.15) is 0 Å². The Kier molecular flexibility index (Phi) is 7.11. The second kappa shape index (κ2) is 9.35. The molecule has 1 aliphatic rings. The standard InChI is InChI=1S/C13H15F2N3O2.C6H3F2NO/c1-7-3-11-12(20-13(14,15)19-11)4-9(7)10(5-16)18-6-8(2)17;7-5-1-9-2-6(8)4(5)3-10/h3-6,8H,16-17H2,1-2H3;1-3H/b10-5-,18-6?;. The van der Waals surface area contributed by atoms with Gasteiger partial charge in [-0.3, -0.25) is 14.8 Å². The number of aryl methyl sites for hydroxylation is 1. The summed E-state index contributed by atoms with van der Waals surface area (Å²) >= 11 is 0. The van der Waals surface area contributed by atoms with Crippen molar-refractivity contribution in [2.45, 2.75) is 26.2 Å². The highest BCUT2D eigenvalue weighted by atomic mass is 19.3. The van der Waals surface area contributed by atoms with Gasteiger partial charge in [0.25, 0.3) is 0 Å². The zero-order valence-electron chi connectivity index (χ0n) is 15.9. The number of benzene rings is 1. The Morgan fingerprint density at radius 2 is 1.77 bits per heavy atom. The highest BCUT2D eigenvalue weighted by Gasteiger charge is 2.43. The van der Waals surface area contributed by atoms with E-state index in [-0.39, 0.29) is 23.8 Å². The number of aldehydes is 1. The zero-order chi connectivity index (χ0) is 22.5. The van der Waals surface area contributed by atoms with Crippen molar-refractivity contribution in [2.24, 2.45) is 16.5 Å². The number of halogens is 4. The minimum absolute atomic E-state index is 0.0104. The van der Waals surface area contributed by atoms with Crippen LogP contribution in [-0.4, -0.2) is 29.8 Å². The molecular formula is C19H18F4N4O3. The molecule has 0 amide bonds. The Balaban J connectivity index is 0.000000269. The fourth-order valence-corrected chi connectivity index (χ4v) is 2.31. The molecule has 0 saturated heterocycles. The monoisotopic (exact) mass is 426 g/mol. The second-order valence-corrected chi connectivity index (χ2v) is 6.11. The number of hydrogen-bond donors (Lipinski definition) is 2. The van der Waals surface area contributed by atoms with Crippen LogP contribution in [0.2, 0.25) is 0 Å². The average molecular weight is 426 g/mol. The maximum atomic E-state index is 13.0. The Labute approximate surface area is 169 Å². The van der Waals surface area contributed by atoms with Crippen molar-refractivity contribution in [3.63, 3.8) is 0 Å². The van der Waals surface area contributed by atoms with E-state index in [0.717, 1.165) is 12.4 Å². The van der Waals surface area contributed by atoms with Crippen LogP contribution in [0.15, 0.2) is 35.7 Å². The van der Waals surface area contributed by atoms with Crippen molar-refractivity contribution >= 4 is 18.2 Å². The quantitative estimate of drug-likeness (QED) is 0.441. The fourth-order valence-electron chi connectivity index (χ4n) is 2.31. The van der Waals surface area contributed by atoms with Gasteiger partial charge in [-0.05, 0) is 31.5 Å². The van der Waals surface area contributed by atoms with Crippen molar-refractivity contribution < 1.29 is 31.8 Å². The lowest BCUT2D eigenvalue weighted by atomic mass is 10.1. The van der Waals surface area contributed by atoms with Crippen LogP contribution >= 0.6 is 0 Å². The van der Waals surface area contributed by atoms with Crippen molar-refractivity contribution in [1.82, 2.24) is 4.98 Å². The van der Waals surface area contributed by atoms with Gasteiger partial charge in [0.05, 0.1) is 23.7 Å². The Hall–Kier alpha value is -3.47. The highest BCUT2D eigenvalue weighted by Crippen LogP contribution is 2.43. The van der Waals surface area contributed by atoms with E-state index in [0.29, 0.717) is 16.8 Å². The molecule has 0 fully saturated rings. The number of aliphatic imine (C=N–C) groups is 1. The number of hydrogen-bond acceptors (Lipinski definition) is 7. The van der Waals surface area contributed by atoms with E-state index in [1.807, 2.05) is 0 Å². The number of aromatic nitrogens is 1. The van der Waals surface area contributed by atoms with Gasteiger partial charge < -0.3 is 20.9 Å². The van der Waals surface area contributed by atoms with Crippen molar-refractivity contribution in [3.05, 3.63) is 59.1 Å². The van der Waals surface area contributed by atoms with E-state index >= 15 is 0 Å². The molecule has 3 rings (SSSR count). The third kappa shape index (κ3) is 5.54. The molecule has 1 aromatic carbocycles. The second-order valence-electron chi connectivity index (χ2n) is 6.11. The lowest BCUT2D eigenvalue weighted by Gasteiger charge is -2.07. The van der Waals surface area contributed by atoms with Gasteiger partial charge in [0.1, 0.15) is 0 Å². The van der Waals surface area contributed by atoms with E-state index in [1.165, 1.54) is 24.5 Å². The molecule has 2 heterocycles. The van der Waals surface area contributed by atoms with E-state index in [4.69, 9.17) is 11.5 Å². The van der Waals surface area contributed by atoms with Gasteiger partial charge in [-0.15, -0.1) is 8.78 Å². The molecule has 1 aromatic heterocycles. The Morgan fingerprint density at radius 1 is 1.20 bits per heavy atom. The number of pyridine rings is 1. The summed E-state index contributed by atoms with van der Waals surface area (Å²) in [5.41, 5.74) is 12.2.